The second-order valence-electron chi connectivity index (χ2n) is 18.5. The number of nitrogens with zero attached hydrogens (tertiary/aromatic N) is 1. The highest BCUT2D eigenvalue weighted by molar-refractivity contribution is 7.47. The van der Waals surface area contributed by atoms with E-state index >= 15 is 0 Å². The molecule has 0 aliphatic heterocycles. The number of quaternary nitrogens is 1. The number of phosphoric ester groups is 1. The normalized spacial score (nSPS) is 13.9. The van der Waals surface area contributed by atoms with Gasteiger partial charge in [0, 0.05) is 12.8 Å². The number of rotatable bonds is 47. The van der Waals surface area contributed by atoms with Gasteiger partial charge in [-0.05, 0) is 57.8 Å². The lowest BCUT2D eigenvalue weighted by Gasteiger charge is -2.24. The van der Waals surface area contributed by atoms with E-state index < -0.39 is 26.5 Å². The van der Waals surface area contributed by atoms with E-state index in [1.54, 1.807) is 0 Å². The van der Waals surface area contributed by atoms with Gasteiger partial charge in [0.1, 0.15) is 19.8 Å². The molecule has 0 rings (SSSR count). The van der Waals surface area contributed by atoms with Crippen LogP contribution in [0.15, 0.2) is 60.8 Å². The summed E-state index contributed by atoms with van der Waals surface area (Å²) in [5.41, 5.74) is 0. The highest BCUT2D eigenvalue weighted by Gasteiger charge is 2.27. The maximum Gasteiger partial charge on any atom is 0.472 e. The predicted molar refractivity (Wildman–Crippen MR) is 270 cm³/mol. The van der Waals surface area contributed by atoms with Crippen molar-refractivity contribution in [1.82, 2.24) is 0 Å². The lowest BCUT2D eigenvalue weighted by Crippen LogP contribution is -2.37. The van der Waals surface area contributed by atoms with E-state index in [4.69, 9.17) is 18.5 Å². The SMILES string of the molecule is CC/C=C\C/C=C\C/C=C\C/C=C\C/C=C\CCCCCCCCCCCCCCCCCCCCCC(=O)OC(COC(=O)CCCCCCC)COP(=O)(O)OCC[N+](C)(C)C. The summed E-state index contributed by atoms with van der Waals surface area (Å²) in [7, 11) is 1.48. The van der Waals surface area contributed by atoms with E-state index in [-0.39, 0.29) is 32.0 Å². The van der Waals surface area contributed by atoms with E-state index in [1.807, 2.05) is 21.1 Å². The van der Waals surface area contributed by atoms with E-state index in [0.29, 0.717) is 17.4 Å². The molecule has 0 aliphatic rings. The number of allylic oxidation sites excluding steroid dienone is 10. The smallest absolute Gasteiger partial charge is 0.462 e. The Morgan fingerprint density at radius 3 is 1.33 bits per heavy atom. The first-order chi connectivity index (χ1) is 31.0. The molecule has 10 heteroatoms. The molecule has 0 heterocycles. The van der Waals surface area contributed by atoms with Gasteiger partial charge in [-0.2, -0.15) is 0 Å². The van der Waals surface area contributed by atoms with Crippen molar-refractivity contribution in [2.24, 2.45) is 0 Å². The van der Waals surface area contributed by atoms with Gasteiger partial charge in [0.2, 0.25) is 0 Å². The number of carbonyl (C=O) groups excluding carboxylic acids is 2. The van der Waals surface area contributed by atoms with E-state index in [1.165, 1.54) is 109 Å². The molecule has 2 atom stereocenters. The summed E-state index contributed by atoms with van der Waals surface area (Å²) >= 11 is 0. The van der Waals surface area contributed by atoms with Crippen molar-refractivity contribution in [3.8, 4) is 0 Å². The van der Waals surface area contributed by atoms with Gasteiger partial charge in [0.05, 0.1) is 27.7 Å². The van der Waals surface area contributed by atoms with Crippen LogP contribution in [0.5, 0.6) is 0 Å². The molecule has 0 aliphatic carbocycles. The van der Waals surface area contributed by atoms with Crippen LogP contribution in [0.25, 0.3) is 0 Å². The number of hydrogen-bond donors (Lipinski definition) is 1. The average molecular weight is 921 g/mol. The number of phosphoric acid groups is 1. The fourth-order valence-electron chi connectivity index (χ4n) is 7.04. The summed E-state index contributed by atoms with van der Waals surface area (Å²) < 4.78 is 34.1. The monoisotopic (exact) mass is 921 g/mol. The molecule has 372 valence electrons. The van der Waals surface area contributed by atoms with Crippen LogP contribution in [0.4, 0.5) is 0 Å². The standard InChI is InChI=1S/C54H98NO8P/c1-6-8-10-12-13-14-15-16-17-18-19-20-21-22-23-24-25-26-27-28-29-30-31-32-33-34-35-36-37-38-39-40-41-43-45-47-54(57)63-52(50-60-53(56)46-44-42-11-9-7-2)51-62-64(58,59)61-49-48-55(3,4)5/h8,10,13-14,16-17,19-20,22-23,52H,6-7,9,11-12,15,18,21,24-51H2,1-5H3/p+1/b10-8-,14-13-,17-16-,20-19-,23-22-. The molecule has 0 aromatic heterocycles. The maximum absolute atomic E-state index is 12.7. The third-order valence-corrected chi connectivity index (χ3v) is 12.0. The van der Waals surface area contributed by atoms with Crippen molar-refractivity contribution >= 4 is 19.8 Å². The quantitative estimate of drug-likeness (QED) is 0.0211. The number of likely N-dealkylation sites (N-methyl/N-ethyl adjacent to an activating group) is 1. The second kappa shape index (κ2) is 45.8. The van der Waals surface area contributed by atoms with Gasteiger partial charge in [0.15, 0.2) is 6.10 Å². The Bertz CT molecular complexity index is 1270. The lowest BCUT2D eigenvalue weighted by molar-refractivity contribution is -0.870. The number of esters is 2. The molecule has 1 N–H and O–H groups in total. The Kier molecular flexibility index (Phi) is 44.2. The summed E-state index contributed by atoms with van der Waals surface area (Å²) in [6.07, 6.45) is 57.8. The Morgan fingerprint density at radius 2 is 0.891 bits per heavy atom. The Hall–Kier alpha value is -2.29. The number of carbonyl (C=O) groups is 2. The van der Waals surface area contributed by atoms with Crippen molar-refractivity contribution < 1.29 is 42.1 Å². The van der Waals surface area contributed by atoms with Gasteiger partial charge in [-0.25, -0.2) is 4.57 Å². The lowest BCUT2D eigenvalue weighted by atomic mass is 10.0. The minimum atomic E-state index is -4.36. The summed E-state index contributed by atoms with van der Waals surface area (Å²) in [6, 6.07) is 0. The zero-order valence-corrected chi connectivity index (χ0v) is 42.9. The first kappa shape index (κ1) is 61.7. The van der Waals surface area contributed by atoms with Crippen LogP contribution in [-0.2, 0) is 32.7 Å². The Balaban J connectivity index is 3.84. The molecular weight excluding hydrogens is 822 g/mol. The summed E-state index contributed by atoms with van der Waals surface area (Å²) in [5, 5.41) is 0. The van der Waals surface area contributed by atoms with E-state index in [9.17, 15) is 19.0 Å². The molecule has 64 heavy (non-hydrogen) atoms. The van der Waals surface area contributed by atoms with Gasteiger partial charge in [-0.15, -0.1) is 0 Å². The summed E-state index contributed by atoms with van der Waals surface area (Å²) in [4.78, 5) is 35.1. The van der Waals surface area contributed by atoms with Gasteiger partial charge in [-0.3, -0.25) is 18.6 Å². The second-order valence-corrected chi connectivity index (χ2v) is 20.0. The predicted octanol–water partition coefficient (Wildman–Crippen LogP) is 15.6. The van der Waals surface area contributed by atoms with Gasteiger partial charge in [-0.1, -0.05) is 209 Å². The molecule has 0 spiro atoms. The van der Waals surface area contributed by atoms with Crippen molar-refractivity contribution in [2.45, 2.75) is 225 Å². The first-order valence-electron chi connectivity index (χ1n) is 26.0. The van der Waals surface area contributed by atoms with Crippen LogP contribution in [-0.4, -0.2) is 74.9 Å². The fraction of sp³-hybridized carbons (Fsp3) is 0.778. The summed E-state index contributed by atoms with van der Waals surface area (Å²) in [6.45, 7) is 4.22. The van der Waals surface area contributed by atoms with Gasteiger partial charge in [0.25, 0.3) is 0 Å². The molecule has 0 fully saturated rings. The number of hydrogen-bond acceptors (Lipinski definition) is 7. The topological polar surface area (TPSA) is 108 Å². The van der Waals surface area contributed by atoms with Crippen LogP contribution in [0, 0.1) is 0 Å². The highest BCUT2D eigenvalue weighted by atomic mass is 31.2. The van der Waals surface area contributed by atoms with E-state index in [0.717, 1.165) is 77.0 Å². The number of ether oxygens (including phenoxy) is 2. The van der Waals surface area contributed by atoms with Crippen LogP contribution in [0.1, 0.15) is 219 Å². The van der Waals surface area contributed by atoms with E-state index in [2.05, 4.69) is 74.6 Å². The first-order valence-corrected chi connectivity index (χ1v) is 27.5. The van der Waals surface area contributed by atoms with Gasteiger partial charge < -0.3 is 18.9 Å². The van der Waals surface area contributed by atoms with Crippen molar-refractivity contribution in [3.63, 3.8) is 0 Å². The molecule has 0 saturated heterocycles. The molecule has 0 aromatic carbocycles. The molecular formula is C54H99NO8P+. The third kappa shape index (κ3) is 49.2. The highest BCUT2D eigenvalue weighted by Crippen LogP contribution is 2.43. The molecule has 0 aromatic rings. The minimum absolute atomic E-state index is 0.0323. The van der Waals surface area contributed by atoms with Crippen molar-refractivity contribution in [2.75, 3.05) is 47.5 Å². The molecule has 0 bridgehead atoms. The zero-order chi connectivity index (χ0) is 47.1. The number of unbranched alkanes of at least 4 members (excludes halogenated alkanes) is 23. The van der Waals surface area contributed by atoms with Crippen LogP contribution >= 0.6 is 7.82 Å². The Morgan fingerprint density at radius 1 is 0.500 bits per heavy atom. The average Bonchev–Trinajstić information content (AvgIpc) is 3.25. The molecule has 9 nitrogen and oxygen atoms in total. The summed E-state index contributed by atoms with van der Waals surface area (Å²) in [5.74, 6) is -0.807. The molecule has 0 saturated carbocycles. The fourth-order valence-corrected chi connectivity index (χ4v) is 7.78. The minimum Gasteiger partial charge on any atom is -0.462 e. The zero-order valence-electron chi connectivity index (χ0n) is 42.0. The Labute approximate surface area is 394 Å². The van der Waals surface area contributed by atoms with Crippen LogP contribution in [0.3, 0.4) is 0 Å². The third-order valence-electron chi connectivity index (χ3n) is 11.1. The van der Waals surface area contributed by atoms with Crippen molar-refractivity contribution in [1.29, 1.82) is 0 Å². The van der Waals surface area contributed by atoms with Gasteiger partial charge >= 0.3 is 19.8 Å². The maximum atomic E-state index is 12.7. The molecule has 2 unspecified atom stereocenters. The molecule has 0 radical (unpaired) electrons. The molecule has 0 amide bonds. The van der Waals surface area contributed by atoms with Crippen LogP contribution in [0.2, 0.25) is 0 Å². The van der Waals surface area contributed by atoms with Crippen LogP contribution < -0.4 is 0 Å². The van der Waals surface area contributed by atoms with Crippen molar-refractivity contribution in [3.05, 3.63) is 60.8 Å². The largest absolute Gasteiger partial charge is 0.472 e.